The van der Waals surface area contributed by atoms with Crippen molar-refractivity contribution in [3.63, 3.8) is 0 Å². The second kappa shape index (κ2) is 8.09. The number of carbonyl (C=O) groups is 1. The van der Waals surface area contributed by atoms with Crippen molar-refractivity contribution >= 4 is 16.9 Å². The first-order valence-electron chi connectivity index (χ1n) is 10.2. The lowest BCUT2D eigenvalue weighted by atomic mass is 9.91. The van der Waals surface area contributed by atoms with Crippen LogP contribution in [-0.4, -0.2) is 25.2 Å². The molecule has 0 saturated carbocycles. The third-order valence-electron chi connectivity index (χ3n) is 5.54. The van der Waals surface area contributed by atoms with Crippen molar-refractivity contribution in [1.82, 2.24) is 5.32 Å². The number of nitrogens with one attached hydrogen (secondary N) is 1. The minimum atomic E-state index is -0.478. The van der Waals surface area contributed by atoms with E-state index in [1.807, 2.05) is 26.8 Å². The molecule has 0 unspecified atom stereocenters. The van der Waals surface area contributed by atoms with Crippen molar-refractivity contribution in [3.8, 4) is 11.5 Å². The average Bonchev–Trinajstić information content (AvgIpc) is 2.62. The van der Waals surface area contributed by atoms with Crippen LogP contribution in [0.25, 0.3) is 11.0 Å². The van der Waals surface area contributed by atoms with E-state index >= 15 is 0 Å². The van der Waals surface area contributed by atoms with E-state index in [1.165, 1.54) is 0 Å². The Morgan fingerprint density at radius 2 is 2.07 bits per heavy atom. The second-order valence-corrected chi connectivity index (χ2v) is 8.82. The first-order chi connectivity index (χ1) is 13.6. The predicted octanol–water partition coefficient (Wildman–Crippen LogP) is 3.92. The molecule has 1 aromatic heterocycles. The maximum Gasteiger partial charge on any atom is 0.340 e. The van der Waals surface area contributed by atoms with Gasteiger partial charge in [-0.15, -0.1) is 0 Å². The Balaban J connectivity index is 2.03. The number of fused-ring (bicyclic) bond motifs is 3. The normalized spacial score (nSPS) is 15.1. The molecule has 2 heterocycles. The molecule has 0 spiro atoms. The molecule has 0 bridgehead atoms. The van der Waals surface area contributed by atoms with Crippen LogP contribution in [0.5, 0.6) is 11.5 Å². The fourth-order valence-corrected chi connectivity index (χ4v) is 3.77. The van der Waals surface area contributed by atoms with E-state index in [0.29, 0.717) is 35.1 Å². The van der Waals surface area contributed by atoms with Gasteiger partial charge in [0.15, 0.2) is 0 Å². The third kappa shape index (κ3) is 4.41. The minimum absolute atomic E-state index is 0.00796. The summed E-state index contributed by atoms with van der Waals surface area (Å²) in [7, 11) is 1.58. The van der Waals surface area contributed by atoms with Gasteiger partial charge in [0.25, 0.3) is 0 Å². The van der Waals surface area contributed by atoms with Crippen LogP contribution in [-0.2, 0) is 17.6 Å². The van der Waals surface area contributed by atoms with Crippen molar-refractivity contribution < 1.29 is 18.7 Å². The molecule has 29 heavy (non-hydrogen) atoms. The molecule has 0 radical (unpaired) electrons. The fraction of sp³-hybridized carbons (Fsp3) is 0.565. The Hall–Kier alpha value is -2.50. The first kappa shape index (κ1) is 21.2. The summed E-state index contributed by atoms with van der Waals surface area (Å²) in [5.74, 6) is 1.60. The Kier molecular flexibility index (Phi) is 5.92. The van der Waals surface area contributed by atoms with Crippen LogP contribution < -0.4 is 20.4 Å². The SMILES string of the molecule is COc1cc2c(c3oc(=O)c(CC(=O)NCCC(C)C)c(C)c13)CCC(C)(C)O2. The molecular formula is C23H31NO5. The molecule has 2 aromatic rings. The summed E-state index contributed by atoms with van der Waals surface area (Å²) >= 11 is 0. The lowest BCUT2D eigenvalue weighted by Gasteiger charge is -2.33. The topological polar surface area (TPSA) is 77.8 Å². The largest absolute Gasteiger partial charge is 0.496 e. The first-order valence-corrected chi connectivity index (χ1v) is 10.2. The highest BCUT2D eigenvalue weighted by molar-refractivity contribution is 5.93. The standard InChI is InChI=1S/C23H31NO5/c1-13(2)8-10-24-19(25)11-16-14(3)20-18(27-6)12-17-15(21(20)28-22(16)26)7-9-23(4,5)29-17/h12-13H,7-11H2,1-6H3,(H,24,25). The molecule has 1 amide bonds. The van der Waals surface area contributed by atoms with Gasteiger partial charge in [-0.2, -0.15) is 0 Å². The minimum Gasteiger partial charge on any atom is -0.496 e. The molecule has 1 N–H and O–H groups in total. The summed E-state index contributed by atoms with van der Waals surface area (Å²) in [5, 5.41) is 3.62. The van der Waals surface area contributed by atoms with Crippen LogP contribution in [0.15, 0.2) is 15.3 Å². The van der Waals surface area contributed by atoms with Gasteiger partial charge in [0, 0.05) is 18.2 Å². The van der Waals surface area contributed by atoms with E-state index in [9.17, 15) is 9.59 Å². The molecule has 0 aliphatic carbocycles. The smallest absolute Gasteiger partial charge is 0.340 e. The van der Waals surface area contributed by atoms with Gasteiger partial charge in [-0.25, -0.2) is 4.79 Å². The number of methoxy groups -OCH3 is 1. The summed E-state index contributed by atoms with van der Waals surface area (Å²) in [6.45, 7) is 10.7. The molecule has 1 aliphatic heterocycles. The van der Waals surface area contributed by atoms with Crippen LogP contribution in [0.2, 0.25) is 0 Å². The van der Waals surface area contributed by atoms with Gasteiger partial charge in [0.2, 0.25) is 5.91 Å². The molecule has 1 aliphatic rings. The summed E-state index contributed by atoms with van der Waals surface area (Å²) in [4.78, 5) is 25.1. The molecule has 3 rings (SSSR count). The summed E-state index contributed by atoms with van der Waals surface area (Å²) in [6.07, 6.45) is 2.46. The van der Waals surface area contributed by atoms with Gasteiger partial charge in [0.1, 0.15) is 22.7 Å². The summed E-state index contributed by atoms with van der Waals surface area (Å²) < 4.78 is 17.4. The lowest BCUT2D eigenvalue weighted by Crippen LogP contribution is -2.33. The zero-order valence-corrected chi connectivity index (χ0v) is 18.2. The molecule has 0 fully saturated rings. The van der Waals surface area contributed by atoms with E-state index < -0.39 is 5.63 Å². The molecule has 6 heteroatoms. The summed E-state index contributed by atoms with van der Waals surface area (Å²) in [5.41, 5.74) is 1.72. The molecule has 0 atom stereocenters. The number of benzene rings is 1. The highest BCUT2D eigenvalue weighted by atomic mass is 16.5. The van der Waals surface area contributed by atoms with Crippen molar-refractivity contribution in [2.75, 3.05) is 13.7 Å². The van der Waals surface area contributed by atoms with Gasteiger partial charge < -0.3 is 19.2 Å². The van der Waals surface area contributed by atoms with Crippen LogP contribution in [0.4, 0.5) is 0 Å². The predicted molar refractivity (Wildman–Crippen MR) is 113 cm³/mol. The Labute approximate surface area is 171 Å². The highest BCUT2D eigenvalue weighted by Gasteiger charge is 2.31. The van der Waals surface area contributed by atoms with Crippen molar-refractivity contribution in [2.45, 2.75) is 65.9 Å². The molecular weight excluding hydrogens is 370 g/mol. The molecule has 158 valence electrons. The lowest BCUT2D eigenvalue weighted by molar-refractivity contribution is -0.120. The van der Waals surface area contributed by atoms with E-state index in [2.05, 4.69) is 19.2 Å². The fourth-order valence-electron chi connectivity index (χ4n) is 3.77. The summed E-state index contributed by atoms with van der Waals surface area (Å²) in [6, 6.07) is 1.86. The quantitative estimate of drug-likeness (QED) is 0.743. The molecule has 0 saturated heterocycles. The van der Waals surface area contributed by atoms with Crippen LogP contribution in [0.3, 0.4) is 0 Å². The van der Waals surface area contributed by atoms with Crippen LogP contribution in [0, 0.1) is 12.8 Å². The van der Waals surface area contributed by atoms with Gasteiger partial charge >= 0.3 is 5.63 Å². The van der Waals surface area contributed by atoms with Gasteiger partial charge in [-0.3, -0.25) is 4.79 Å². The maximum absolute atomic E-state index is 12.8. The average molecular weight is 402 g/mol. The molecule has 6 nitrogen and oxygen atoms in total. The maximum atomic E-state index is 12.8. The number of rotatable bonds is 6. The zero-order chi connectivity index (χ0) is 21.3. The molecule has 1 aromatic carbocycles. The number of carbonyl (C=O) groups excluding carboxylic acids is 1. The third-order valence-corrected chi connectivity index (χ3v) is 5.54. The highest BCUT2D eigenvalue weighted by Crippen LogP contribution is 2.43. The van der Waals surface area contributed by atoms with Crippen LogP contribution in [0.1, 0.15) is 57.2 Å². The zero-order valence-electron chi connectivity index (χ0n) is 18.2. The van der Waals surface area contributed by atoms with E-state index in [4.69, 9.17) is 13.9 Å². The van der Waals surface area contributed by atoms with Crippen molar-refractivity contribution in [3.05, 3.63) is 33.2 Å². The second-order valence-electron chi connectivity index (χ2n) is 8.82. The van der Waals surface area contributed by atoms with Crippen molar-refractivity contribution in [2.24, 2.45) is 5.92 Å². The van der Waals surface area contributed by atoms with E-state index in [0.717, 1.165) is 35.8 Å². The van der Waals surface area contributed by atoms with Gasteiger partial charge in [-0.05, 0) is 51.5 Å². The number of ether oxygens (including phenoxy) is 2. The number of hydrogen-bond donors (Lipinski definition) is 1. The monoisotopic (exact) mass is 401 g/mol. The van der Waals surface area contributed by atoms with Gasteiger partial charge in [0.05, 0.1) is 24.5 Å². The van der Waals surface area contributed by atoms with Crippen LogP contribution >= 0.6 is 0 Å². The number of aryl methyl sites for hydroxylation is 2. The van der Waals surface area contributed by atoms with E-state index in [-0.39, 0.29) is 17.9 Å². The number of amides is 1. The van der Waals surface area contributed by atoms with E-state index in [1.54, 1.807) is 7.11 Å². The van der Waals surface area contributed by atoms with Crippen molar-refractivity contribution in [1.29, 1.82) is 0 Å². The van der Waals surface area contributed by atoms with Gasteiger partial charge in [-0.1, -0.05) is 13.8 Å². The Morgan fingerprint density at radius 3 is 2.72 bits per heavy atom. The number of hydrogen-bond acceptors (Lipinski definition) is 5. The Morgan fingerprint density at radius 1 is 1.34 bits per heavy atom. The Bertz CT molecular complexity index is 987.